The van der Waals surface area contributed by atoms with Crippen molar-refractivity contribution in [1.82, 2.24) is 14.3 Å². The molecule has 11 heteroatoms. The van der Waals surface area contributed by atoms with E-state index in [1.165, 1.54) is 32.4 Å². The first-order valence-corrected chi connectivity index (χ1v) is 10.6. The van der Waals surface area contributed by atoms with Crippen molar-refractivity contribution in [2.75, 3.05) is 33.9 Å². The molecule has 0 aliphatic heterocycles. The molecular weight excluding hydrogens is 418 g/mol. The number of amides is 3. The average molecular weight is 446 g/mol. The molecule has 1 aromatic carbocycles. The van der Waals surface area contributed by atoms with E-state index in [4.69, 9.17) is 9.47 Å². The van der Waals surface area contributed by atoms with E-state index < -0.39 is 16.1 Å². The number of rotatable bonds is 10. The maximum absolute atomic E-state index is 12.8. The first-order valence-electron chi connectivity index (χ1n) is 8.76. The van der Waals surface area contributed by atoms with Gasteiger partial charge in [0.2, 0.25) is 5.91 Å². The molecule has 0 aromatic heterocycles. The number of urea groups is 1. The molecule has 162 valence electrons. The Morgan fingerprint density at radius 1 is 1.24 bits per heavy atom. The number of benzene rings is 1. The Morgan fingerprint density at radius 2 is 1.93 bits per heavy atom. The molecule has 1 aromatic rings. The Bertz CT molecular complexity index is 851. The zero-order valence-electron chi connectivity index (χ0n) is 16.9. The lowest BCUT2D eigenvalue weighted by Crippen LogP contribution is -2.36. The molecule has 2 N–H and O–H groups in total. The number of nitrogens with one attached hydrogen (secondary N) is 2. The van der Waals surface area contributed by atoms with Crippen LogP contribution in [0.15, 0.2) is 34.7 Å². The number of methoxy groups -OCH3 is 1. The molecule has 0 heterocycles. The van der Waals surface area contributed by atoms with E-state index in [0.29, 0.717) is 22.2 Å². The fourth-order valence-electron chi connectivity index (χ4n) is 2.20. The van der Waals surface area contributed by atoms with Gasteiger partial charge in [0.25, 0.3) is 10.0 Å². The van der Waals surface area contributed by atoms with Gasteiger partial charge in [-0.2, -0.15) is 12.1 Å². The maximum atomic E-state index is 12.8. The average Bonchev–Trinajstić information content (AvgIpc) is 2.67. The van der Waals surface area contributed by atoms with Gasteiger partial charge in [-0.15, -0.1) is 0 Å². The maximum Gasteiger partial charge on any atom is 0.341 e. The summed E-state index contributed by atoms with van der Waals surface area (Å²) < 4.78 is 36.4. The summed E-state index contributed by atoms with van der Waals surface area (Å²) in [5.41, 5.74) is 1.51. The standard InChI is InChI=1S/C18H27N3O6S2/c1-13(2)11-17(22)20-8-7-14-5-6-15(27-10-9-26-4)16(12-14)29(24,25)21(28)18(23)19-3/h5-6,11-12,28H,7-10H2,1-4H3,(H,19,23)(H,20,22). The molecule has 0 saturated heterocycles. The van der Waals surface area contributed by atoms with Crippen molar-refractivity contribution in [1.29, 1.82) is 0 Å². The first-order chi connectivity index (χ1) is 13.6. The Morgan fingerprint density at radius 3 is 2.52 bits per heavy atom. The van der Waals surface area contributed by atoms with Gasteiger partial charge in [0.05, 0.1) is 6.61 Å². The van der Waals surface area contributed by atoms with Gasteiger partial charge in [-0.25, -0.2) is 4.79 Å². The molecule has 0 atom stereocenters. The van der Waals surface area contributed by atoms with E-state index in [1.54, 1.807) is 6.07 Å². The van der Waals surface area contributed by atoms with Gasteiger partial charge < -0.3 is 20.1 Å². The summed E-state index contributed by atoms with van der Waals surface area (Å²) >= 11 is 3.81. The van der Waals surface area contributed by atoms with E-state index in [0.717, 1.165) is 5.57 Å². The van der Waals surface area contributed by atoms with Gasteiger partial charge in [-0.1, -0.05) is 11.6 Å². The van der Waals surface area contributed by atoms with Crippen molar-refractivity contribution in [2.24, 2.45) is 0 Å². The van der Waals surface area contributed by atoms with Gasteiger partial charge in [0.1, 0.15) is 17.3 Å². The zero-order chi connectivity index (χ0) is 22.0. The Labute approximate surface area is 177 Å². The fourth-order valence-corrected chi connectivity index (χ4v) is 3.75. The summed E-state index contributed by atoms with van der Waals surface area (Å²) in [5.74, 6) is -0.152. The second kappa shape index (κ2) is 11.7. The SMILES string of the molecule is CNC(=O)N(S)S(=O)(=O)c1cc(CCNC(=O)C=C(C)C)ccc1OCCOC. The third kappa shape index (κ3) is 7.59. The van der Waals surface area contributed by atoms with Crippen molar-refractivity contribution in [3.05, 3.63) is 35.4 Å². The Balaban J connectivity index is 3.11. The molecule has 0 aliphatic carbocycles. The van der Waals surface area contributed by atoms with Gasteiger partial charge in [0, 0.05) is 26.8 Å². The topological polar surface area (TPSA) is 114 Å². The number of thiol groups is 1. The molecule has 0 saturated carbocycles. The van der Waals surface area contributed by atoms with E-state index in [9.17, 15) is 18.0 Å². The number of allylic oxidation sites excluding steroid dienone is 1. The van der Waals surface area contributed by atoms with Crippen LogP contribution in [0.3, 0.4) is 0 Å². The van der Waals surface area contributed by atoms with Crippen LogP contribution in [0.4, 0.5) is 4.79 Å². The summed E-state index contributed by atoms with van der Waals surface area (Å²) in [5, 5.41) is 4.93. The van der Waals surface area contributed by atoms with Gasteiger partial charge >= 0.3 is 6.03 Å². The summed E-state index contributed by atoms with van der Waals surface area (Å²) in [6, 6.07) is 3.69. The third-order valence-corrected chi connectivity index (χ3v) is 5.90. The monoisotopic (exact) mass is 445 g/mol. The highest BCUT2D eigenvalue weighted by Gasteiger charge is 2.30. The van der Waals surface area contributed by atoms with Crippen LogP contribution in [0.1, 0.15) is 19.4 Å². The van der Waals surface area contributed by atoms with Crippen LogP contribution in [-0.2, 0) is 26.0 Å². The number of sulfonamides is 1. The van der Waals surface area contributed by atoms with E-state index >= 15 is 0 Å². The van der Waals surface area contributed by atoms with Crippen molar-refractivity contribution >= 4 is 34.8 Å². The van der Waals surface area contributed by atoms with Crippen LogP contribution < -0.4 is 15.4 Å². The largest absolute Gasteiger partial charge is 0.490 e. The summed E-state index contributed by atoms with van der Waals surface area (Å²) in [6.07, 6.45) is 1.86. The minimum absolute atomic E-state index is 0.0716. The minimum atomic E-state index is -4.28. The molecule has 29 heavy (non-hydrogen) atoms. The lowest BCUT2D eigenvalue weighted by Gasteiger charge is -2.19. The molecule has 9 nitrogen and oxygen atoms in total. The number of ether oxygens (including phenoxy) is 2. The lowest BCUT2D eigenvalue weighted by molar-refractivity contribution is -0.116. The molecule has 0 bridgehead atoms. The second-order valence-corrected chi connectivity index (χ2v) is 8.61. The lowest BCUT2D eigenvalue weighted by atomic mass is 10.1. The van der Waals surface area contributed by atoms with Crippen molar-refractivity contribution in [3.63, 3.8) is 0 Å². The summed E-state index contributed by atoms with van der Waals surface area (Å²) in [6.45, 7) is 4.33. The van der Waals surface area contributed by atoms with E-state index in [-0.39, 0.29) is 29.8 Å². The fraction of sp³-hybridized carbons (Fsp3) is 0.444. The summed E-state index contributed by atoms with van der Waals surface area (Å²) in [7, 11) is -1.49. The van der Waals surface area contributed by atoms with Crippen LogP contribution in [-0.4, -0.2) is 58.0 Å². The molecule has 3 amide bonds. The predicted octanol–water partition coefficient (Wildman–Crippen LogP) is 1.51. The molecule has 0 aliphatic rings. The van der Waals surface area contributed by atoms with Crippen LogP contribution in [0, 0.1) is 0 Å². The number of carbonyl (C=O) groups excluding carboxylic acids is 2. The number of hydrogen-bond acceptors (Lipinski definition) is 7. The van der Waals surface area contributed by atoms with Crippen LogP contribution in [0.2, 0.25) is 0 Å². The number of nitrogens with zero attached hydrogens (tertiary/aromatic N) is 1. The van der Waals surface area contributed by atoms with E-state index in [1.807, 2.05) is 13.8 Å². The zero-order valence-corrected chi connectivity index (χ0v) is 18.6. The third-order valence-electron chi connectivity index (χ3n) is 3.58. The van der Waals surface area contributed by atoms with Gasteiger partial charge in [-0.3, -0.25) is 4.79 Å². The van der Waals surface area contributed by atoms with Crippen LogP contribution in [0.25, 0.3) is 0 Å². The second-order valence-electron chi connectivity index (χ2n) is 6.19. The van der Waals surface area contributed by atoms with Gasteiger partial charge in [0.15, 0.2) is 0 Å². The molecule has 0 spiro atoms. The van der Waals surface area contributed by atoms with Crippen LogP contribution in [0.5, 0.6) is 5.75 Å². The molecule has 0 fully saturated rings. The minimum Gasteiger partial charge on any atom is -0.490 e. The molecular formula is C18H27N3O6S2. The Kier molecular flexibility index (Phi) is 9.99. The van der Waals surface area contributed by atoms with E-state index in [2.05, 4.69) is 23.4 Å². The van der Waals surface area contributed by atoms with Crippen molar-refractivity contribution in [2.45, 2.75) is 25.2 Å². The summed E-state index contributed by atoms with van der Waals surface area (Å²) in [4.78, 5) is 23.3. The highest BCUT2D eigenvalue weighted by Crippen LogP contribution is 2.29. The van der Waals surface area contributed by atoms with Crippen molar-refractivity contribution in [3.8, 4) is 5.75 Å². The predicted molar refractivity (Wildman–Crippen MR) is 112 cm³/mol. The quantitative estimate of drug-likeness (QED) is 0.286. The number of carbonyl (C=O) groups is 2. The molecule has 1 rings (SSSR count). The van der Waals surface area contributed by atoms with Gasteiger partial charge in [-0.05, 0) is 50.8 Å². The molecule has 0 unspecified atom stereocenters. The number of hydrogen-bond donors (Lipinski definition) is 3. The Hall–Kier alpha value is -2.24. The molecule has 0 radical (unpaired) electrons. The smallest absolute Gasteiger partial charge is 0.341 e. The highest BCUT2D eigenvalue weighted by atomic mass is 32.3. The normalized spacial score (nSPS) is 10.8. The van der Waals surface area contributed by atoms with Crippen molar-refractivity contribution < 1.29 is 27.5 Å². The highest BCUT2D eigenvalue weighted by molar-refractivity contribution is 8.00. The first kappa shape index (κ1) is 24.8. The van der Waals surface area contributed by atoms with Crippen LogP contribution >= 0.6 is 12.8 Å².